The maximum Gasteiger partial charge on any atom is 0.326 e. The first-order chi connectivity index (χ1) is 18.6. The number of carboxylic acid groups (broad SMARTS) is 2. The van der Waals surface area contributed by atoms with Gasteiger partial charge in [0.15, 0.2) is 5.96 Å². The molecule has 0 aromatic rings. The summed E-state index contributed by atoms with van der Waals surface area (Å²) in [6, 6.07) is -5.92. The Morgan fingerprint density at radius 3 is 1.75 bits per heavy atom. The topological polar surface area (TPSA) is 325 Å². The summed E-state index contributed by atoms with van der Waals surface area (Å²) in [5.41, 5.74) is 21.0. The number of rotatable bonds is 19. The molecule has 0 rings (SSSR count). The van der Waals surface area contributed by atoms with Crippen LogP contribution in [0.5, 0.6) is 0 Å². The molecule has 14 N–H and O–H groups in total. The number of guanidine groups is 1. The number of primary amides is 1. The standard InChI is InChI=1S/C22H39N9O9/c1-10(2)6-12(29-18(36)11(28-16(33)9-23)4-3-5-27-22(25)26)19(37)30-13(7-15(24)32)20(38)31-14(21(39)40)8-17(34)35/h10-14H,3-9,23H2,1-2H3,(H2,24,32)(H,28,33)(H,29,36)(H,30,37)(H,31,38)(H,34,35)(H,39,40)(H4,25,26,27). The van der Waals surface area contributed by atoms with Crippen molar-refractivity contribution in [2.75, 3.05) is 13.1 Å². The van der Waals surface area contributed by atoms with Crippen molar-refractivity contribution in [1.82, 2.24) is 21.3 Å². The van der Waals surface area contributed by atoms with E-state index in [0.717, 1.165) is 0 Å². The van der Waals surface area contributed by atoms with Crippen LogP contribution in [0, 0.1) is 5.92 Å². The van der Waals surface area contributed by atoms with E-state index in [1.54, 1.807) is 13.8 Å². The van der Waals surface area contributed by atoms with Gasteiger partial charge in [0.25, 0.3) is 0 Å². The first-order valence-corrected chi connectivity index (χ1v) is 12.3. The van der Waals surface area contributed by atoms with Gasteiger partial charge in [-0.1, -0.05) is 13.8 Å². The van der Waals surface area contributed by atoms with Crippen LogP contribution in [0.4, 0.5) is 0 Å². The van der Waals surface area contributed by atoms with Crippen molar-refractivity contribution in [1.29, 1.82) is 0 Å². The highest BCUT2D eigenvalue weighted by Crippen LogP contribution is 2.08. The smallest absolute Gasteiger partial charge is 0.326 e. The molecule has 0 spiro atoms. The number of nitrogens with zero attached hydrogens (tertiary/aromatic N) is 1. The van der Waals surface area contributed by atoms with Crippen molar-refractivity contribution < 1.29 is 43.8 Å². The van der Waals surface area contributed by atoms with E-state index in [1.807, 2.05) is 5.32 Å². The Balaban J connectivity index is 5.80. The molecule has 18 heteroatoms. The van der Waals surface area contributed by atoms with Gasteiger partial charge in [0.1, 0.15) is 24.2 Å². The number of hydrogen-bond acceptors (Lipinski definition) is 9. The van der Waals surface area contributed by atoms with E-state index in [4.69, 9.17) is 28.0 Å². The van der Waals surface area contributed by atoms with Crippen molar-refractivity contribution in [3.63, 3.8) is 0 Å². The Labute approximate surface area is 230 Å². The second-order valence-corrected chi connectivity index (χ2v) is 9.19. The van der Waals surface area contributed by atoms with Crippen LogP contribution in [-0.4, -0.2) is 94.9 Å². The molecule has 5 amide bonds. The number of carbonyl (C=O) groups is 7. The molecular formula is C22H39N9O9. The van der Waals surface area contributed by atoms with Gasteiger partial charge >= 0.3 is 11.9 Å². The number of aliphatic imine (C=N–C) groups is 1. The Hall–Kier alpha value is -4.48. The summed E-state index contributed by atoms with van der Waals surface area (Å²) >= 11 is 0. The zero-order chi connectivity index (χ0) is 31.0. The quantitative estimate of drug-likeness (QED) is 0.0396. The number of amides is 5. The number of aliphatic carboxylic acids is 2. The predicted octanol–water partition coefficient (Wildman–Crippen LogP) is -4.58. The summed E-state index contributed by atoms with van der Waals surface area (Å²) < 4.78 is 0. The van der Waals surface area contributed by atoms with Gasteiger partial charge in [0, 0.05) is 6.54 Å². The van der Waals surface area contributed by atoms with Crippen LogP contribution >= 0.6 is 0 Å². The van der Waals surface area contributed by atoms with Crippen molar-refractivity contribution in [3.05, 3.63) is 0 Å². The highest BCUT2D eigenvalue weighted by molar-refractivity contribution is 5.97. The van der Waals surface area contributed by atoms with Gasteiger partial charge in [-0.3, -0.25) is 33.8 Å². The summed E-state index contributed by atoms with van der Waals surface area (Å²) in [7, 11) is 0. The zero-order valence-electron chi connectivity index (χ0n) is 22.3. The minimum atomic E-state index is -1.85. The fraction of sp³-hybridized carbons (Fsp3) is 0.636. The van der Waals surface area contributed by atoms with E-state index >= 15 is 0 Å². The second-order valence-electron chi connectivity index (χ2n) is 9.19. The molecule has 0 saturated carbocycles. The van der Waals surface area contributed by atoms with Gasteiger partial charge in [0.2, 0.25) is 29.5 Å². The van der Waals surface area contributed by atoms with E-state index < -0.39 is 85.0 Å². The molecule has 0 aliphatic rings. The molecule has 0 radical (unpaired) electrons. The van der Waals surface area contributed by atoms with Crippen LogP contribution < -0.4 is 44.2 Å². The maximum absolute atomic E-state index is 13.1. The van der Waals surface area contributed by atoms with Crippen molar-refractivity contribution >= 4 is 47.4 Å². The van der Waals surface area contributed by atoms with Crippen LogP contribution in [0.3, 0.4) is 0 Å². The van der Waals surface area contributed by atoms with E-state index in [9.17, 15) is 38.7 Å². The lowest BCUT2D eigenvalue weighted by molar-refractivity contribution is -0.147. The molecule has 0 bridgehead atoms. The fourth-order valence-electron chi connectivity index (χ4n) is 3.33. The Morgan fingerprint density at radius 2 is 1.27 bits per heavy atom. The average molecular weight is 574 g/mol. The Bertz CT molecular complexity index is 967. The van der Waals surface area contributed by atoms with Crippen LogP contribution in [0.1, 0.15) is 46.0 Å². The number of carbonyl (C=O) groups excluding carboxylic acids is 5. The third-order valence-corrected chi connectivity index (χ3v) is 5.15. The van der Waals surface area contributed by atoms with Gasteiger partial charge in [-0.05, 0) is 25.2 Å². The number of nitrogens with two attached hydrogens (primary N) is 4. The highest BCUT2D eigenvalue weighted by atomic mass is 16.4. The minimum Gasteiger partial charge on any atom is -0.481 e. The molecule has 0 aromatic heterocycles. The fourth-order valence-corrected chi connectivity index (χ4v) is 3.33. The van der Waals surface area contributed by atoms with Gasteiger partial charge < -0.3 is 54.4 Å². The third-order valence-electron chi connectivity index (χ3n) is 5.15. The van der Waals surface area contributed by atoms with Crippen molar-refractivity contribution in [2.45, 2.75) is 70.1 Å². The molecule has 226 valence electrons. The molecule has 18 nitrogen and oxygen atoms in total. The molecule has 4 unspecified atom stereocenters. The molecule has 4 atom stereocenters. The lowest BCUT2D eigenvalue weighted by Gasteiger charge is -2.26. The lowest BCUT2D eigenvalue weighted by Crippen LogP contribution is -2.58. The summed E-state index contributed by atoms with van der Waals surface area (Å²) in [5, 5.41) is 27.2. The predicted molar refractivity (Wildman–Crippen MR) is 140 cm³/mol. The Kier molecular flexibility index (Phi) is 15.9. The first kappa shape index (κ1) is 35.5. The van der Waals surface area contributed by atoms with Gasteiger partial charge in [-0.15, -0.1) is 0 Å². The normalized spacial score (nSPS) is 13.6. The second kappa shape index (κ2) is 17.9. The van der Waals surface area contributed by atoms with E-state index in [-0.39, 0.29) is 37.7 Å². The van der Waals surface area contributed by atoms with Crippen LogP contribution in [0.25, 0.3) is 0 Å². The van der Waals surface area contributed by atoms with Gasteiger partial charge in [-0.25, -0.2) is 4.79 Å². The van der Waals surface area contributed by atoms with E-state index in [0.29, 0.717) is 0 Å². The number of nitrogens with one attached hydrogen (secondary N) is 4. The minimum absolute atomic E-state index is 0.0603. The van der Waals surface area contributed by atoms with Crippen molar-refractivity contribution in [3.8, 4) is 0 Å². The SMILES string of the molecule is CC(C)CC(NC(=O)C(CCCN=C(N)N)NC(=O)CN)C(=O)NC(CC(N)=O)C(=O)NC(CC(=O)O)C(=O)O. The third kappa shape index (κ3) is 15.1. The molecular weight excluding hydrogens is 534 g/mol. The number of carboxylic acids is 2. The van der Waals surface area contributed by atoms with Gasteiger partial charge in [0.05, 0.1) is 19.4 Å². The molecule has 0 aliphatic heterocycles. The zero-order valence-corrected chi connectivity index (χ0v) is 22.3. The van der Waals surface area contributed by atoms with E-state index in [2.05, 4.69) is 20.9 Å². The summed E-state index contributed by atoms with van der Waals surface area (Å²) in [5.74, 6) is -8.01. The van der Waals surface area contributed by atoms with Gasteiger partial charge in [-0.2, -0.15) is 0 Å². The maximum atomic E-state index is 13.1. The summed E-state index contributed by atoms with van der Waals surface area (Å²) in [6.07, 6.45) is -1.30. The van der Waals surface area contributed by atoms with Crippen LogP contribution in [0.2, 0.25) is 0 Å². The average Bonchev–Trinajstić information content (AvgIpc) is 2.83. The number of hydrogen-bond donors (Lipinski definition) is 10. The first-order valence-electron chi connectivity index (χ1n) is 12.3. The Morgan fingerprint density at radius 1 is 0.750 bits per heavy atom. The van der Waals surface area contributed by atoms with Crippen LogP contribution in [0.15, 0.2) is 4.99 Å². The molecule has 0 aromatic carbocycles. The lowest BCUT2D eigenvalue weighted by atomic mass is 10.0. The molecule has 0 heterocycles. The summed E-state index contributed by atoms with van der Waals surface area (Å²) in [6.45, 7) is 3.24. The molecule has 0 saturated heterocycles. The van der Waals surface area contributed by atoms with Crippen molar-refractivity contribution in [2.24, 2.45) is 33.8 Å². The molecule has 40 heavy (non-hydrogen) atoms. The van der Waals surface area contributed by atoms with E-state index in [1.165, 1.54) is 0 Å². The monoisotopic (exact) mass is 573 g/mol. The highest BCUT2D eigenvalue weighted by Gasteiger charge is 2.32. The molecule has 0 aliphatic carbocycles. The van der Waals surface area contributed by atoms with Crippen LogP contribution in [-0.2, 0) is 33.6 Å². The summed E-state index contributed by atoms with van der Waals surface area (Å²) in [4.78, 5) is 88.3. The molecule has 0 fully saturated rings. The largest absolute Gasteiger partial charge is 0.481 e.